The summed E-state index contributed by atoms with van der Waals surface area (Å²) in [7, 11) is 0. The van der Waals surface area contributed by atoms with Crippen molar-refractivity contribution in [2.24, 2.45) is 10.8 Å². The number of hydrogen-bond acceptors (Lipinski definition) is 2. The number of hydrogen-bond donors (Lipinski definition) is 0. The van der Waals surface area contributed by atoms with Crippen LogP contribution in [0.2, 0.25) is 0 Å². The van der Waals surface area contributed by atoms with Crippen molar-refractivity contribution in [1.82, 2.24) is 0 Å². The summed E-state index contributed by atoms with van der Waals surface area (Å²) in [6.07, 6.45) is 9.83. The first-order chi connectivity index (χ1) is 9.53. The minimum Gasteiger partial charge on any atom is -0.294 e. The normalized spacial score (nSPS) is 27.1. The number of Topliss-reactive ketones (excluding diaryl/α,β-unsaturated/α-hetero) is 1. The van der Waals surface area contributed by atoms with E-state index in [2.05, 4.69) is 6.92 Å². The van der Waals surface area contributed by atoms with Gasteiger partial charge < -0.3 is 0 Å². The van der Waals surface area contributed by atoms with E-state index in [1.807, 2.05) is 42.5 Å². The molecule has 2 aliphatic carbocycles. The molecule has 2 nitrogen and oxygen atoms in total. The highest BCUT2D eigenvalue weighted by Gasteiger charge is 2.47. The number of benzene rings is 1. The molecule has 0 aliphatic heterocycles. The zero-order valence-corrected chi connectivity index (χ0v) is 11.6. The Morgan fingerprint density at radius 2 is 1.70 bits per heavy atom. The van der Waals surface area contributed by atoms with E-state index < -0.39 is 0 Å². The van der Waals surface area contributed by atoms with Gasteiger partial charge in [-0.3, -0.25) is 9.59 Å². The average molecular weight is 266 g/mol. The third-order valence-corrected chi connectivity index (χ3v) is 4.60. The van der Waals surface area contributed by atoms with Crippen LogP contribution in [0, 0.1) is 10.8 Å². The molecule has 0 radical (unpaired) electrons. The van der Waals surface area contributed by atoms with Crippen molar-refractivity contribution in [1.29, 1.82) is 0 Å². The molecule has 2 aliphatic rings. The monoisotopic (exact) mass is 266 g/mol. The van der Waals surface area contributed by atoms with Crippen LogP contribution in [0.5, 0.6) is 0 Å². The lowest BCUT2D eigenvalue weighted by Gasteiger charge is -2.27. The van der Waals surface area contributed by atoms with E-state index in [-0.39, 0.29) is 22.4 Å². The zero-order valence-electron chi connectivity index (χ0n) is 11.6. The fourth-order valence-corrected chi connectivity index (χ4v) is 3.44. The number of allylic oxidation sites excluding steroid dienone is 4. The predicted molar refractivity (Wildman–Crippen MR) is 78.5 cm³/mol. The average Bonchev–Trinajstić information content (AvgIpc) is 2.81. The van der Waals surface area contributed by atoms with Crippen LogP contribution in [-0.4, -0.2) is 11.6 Å². The Morgan fingerprint density at radius 3 is 2.35 bits per heavy atom. The molecule has 0 heterocycles. The SMILES string of the molecule is C[C@]1(C(=O)c2ccccc2)CCC2(C=CC(=O)C=C2)C1. The number of carbonyl (C=O) groups is 2. The van der Waals surface area contributed by atoms with Gasteiger partial charge in [-0.05, 0) is 31.4 Å². The topological polar surface area (TPSA) is 34.1 Å². The molecule has 1 aromatic carbocycles. The van der Waals surface area contributed by atoms with Gasteiger partial charge in [0.05, 0.1) is 0 Å². The largest absolute Gasteiger partial charge is 0.294 e. The Kier molecular flexibility index (Phi) is 2.97. The lowest BCUT2D eigenvalue weighted by Crippen LogP contribution is -2.27. The van der Waals surface area contributed by atoms with Crippen LogP contribution in [0.3, 0.4) is 0 Å². The molecular formula is C18H18O2. The van der Waals surface area contributed by atoms with Crippen molar-refractivity contribution in [2.75, 3.05) is 0 Å². The molecule has 3 rings (SSSR count). The number of carbonyl (C=O) groups excluding carboxylic acids is 2. The third-order valence-electron chi connectivity index (χ3n) is 4.60. The first-order valence-electron chi connectivity index (χ1n) is 7.05. The Hall–Kier alpha value is -1.96. The molecule has 102 valence electrons. The van der Waals surface area contributed by atoms with Gasteiger partial charge in [-0.15, -0.1) is 0 Å². The van der Waals surface area contributed by atoms with Crippen molar-refractivity contribution in [3.63, 3.8) is 0 Å². The van der Waals surface area contributed by atoms with Crippen LogP contribution in [0.15, 0.2) is 54.6 Å². The maximum absolute atomic E-state index is 12.7. The lowest BCUT2D eigenvalue weighted by molar-refractivity contribution is -0.110. The second-order valence-electron chi connectivity index (χ2n) is 6.23. The summed E-state index contributed by atoms with van der Waals surface area (Å²) in [4.78, 5) is 24.0. The number of ketones is 2. The van der Waals surface area contributed by atoms with Crippen LogP contribution in [0.1, 0.15) is 36.5 Å². The standard InChI is InChI=1S/C18H18O2/c1-17(16(20)14-5-3-2-4-6-14)11-12-18(13-17)9-7-15(19)8-10-18/h2-10H,11-13H2,1H3/t17-/m0/s1. The van der Waals surface area contributed by atoms with E-state index in [1.54, 1.807) is 12.2 Å². The van der Waals surface area contributed by atoms with Crippen LogP contribution >= 0.6 is 0 Å². The van der Waals surface area contributed by atoms with E-state index in [0.29, 0.717) is 0 Å². The molecule has 1 atom stereocenters. The van der Waals surface area contributed by atoms with Crippen molar-refractivity contribution >= 4 is 11.6 Å². The molecular weight excluding hydrogens is 248 g/mol. The highest BCUT2D eigenvalue weighted by atomic mass is 16.1. The van der Waals surface area contributed by atoms with E-state index in [1.165, 1.54) is 0 Å². The maximum atomic E-state index is 12.7. The molecule has 1 saturated carbocycles. The summed E-state index contributed by atoms with van der Waals surface area (Å²) >= 11 is 0. The first kappa shape index (κ1) is 13.0. The Morgan fingerprint density at radius 1 is 1.05 bits per heavy atom. The van der Waals surface area contributed by atoms with Gasteiger partial charge in [0, 0.05) is 16.4 Å². The van der Waals surface area contributed by atoms with Gasteiger partial charge in [-0.1, -0.05) is 49.4 Å². The van der Waals surface area contributed by atoms with Crippen LogP contribution in [0.4, 0.5) is 0 Å². The zero-order chi connectivity index (χ0) is 14.2. The predicted octanol–water partition coefficient (Wildman–Crippen LogP) is 3.74. The Bertz CT molecular complexity index is 594. The highest BCUT2D eigenvalue weighted by Crippen LogP contribution is 2.53. The first-order valence-corrected chi connectivity index (χ1v) is 7.05. The van der Waals surface area contributed by atoms with Gasteiger partial charge in [0.2, 0.25) is 0 Å². The van der Waals surface area contributed by atoms with Gasteiger partial charge in [-0.2, -0.15) is 0 Å². The maximum Gasteiger partial charge on any atom is 0.178 e. The lowest BCUT2D eigenvalue weighted by atomic mass is 9.75. The van der Waals surface area contributed by atoms with Crippen molar-refractivity contribution < 1.29 is 9.59 Å². The summed E-state index contributed by atoms with van der Waals surface area (Å²) in [5, 5.41) is 0. The minimum absolute atomic E-state index is 0.0404. The van der Waals surface area contributed by atoms with E-state index in [4.69, 9.17) is 0 Å². The molecule has 0 bridgehead atoms. The molecule has 0 unspecified atom stereocenters. The van der Waals surface area contributed by atoms with Crippen LogP contribution in [-0.2, 0) is 4.79 Å². The summed E-state index contributed by atoms with van der Waals surface area (Å²) in [6, 6.07) is 9.50. The van der Waals surface area contributed by atoms with Gasteiger partial charge in [0.25, 0.3) is 0 Å². The molecule has 1 spiro atoms. The van der Waals surface area contributed by atoms with Crippen molar-refractivity contribution in [3.05, 3.63) is 60.2 Å². The van der Waals surface area contributed by atoms with E-state index in [0.717, 1.165) is 24.8 Å². The number of rotatable bonds is 2. The second-order valence-corrected chi connectivity index (χ2v) is 6.23. The minimum atomic E-state index is -0.337. The second kappa shape index (κ2) is 4.55. The summed E-state index contributed by atoms with van der Waals surface area (Å²) in [5.74, 6) is 0.257. The summed E-state index contributed by atoms with van der Waals surface area (Å²) in [5.41, 5.74) is 0.343. The molecule has 20 heavy (non-hydrogen) atoms. The highest BCUT2D eigenvalue weighted by molar-refractivity contribution is 6.02. The molecule has 1 fully saturated rings. The molecule has 2 heteroatoms. The van der Waals surface area contributed by atoms with Crippen molar-refractivity contribution in [3.8, 4) is 0 Å². The van der Waals surface area contributed by atoms with Crippen LogP contribution in [0.25, 0.3) is 0 Å². The summed E-state index contributed by atoms with van der Waals surface area (Å²) < 4.78 is 0. The fraction of sp³-hybridized carbons (Fsp3) is 0.333. The van der Waals surface area contributed by atoms with E-state index >= 15 is 0 Å². The summed E-state index contributed by atoms with van der Waals surface area (Å²) in [6.45, 7) is 2.05. The Balaban J connectivity index is 1.85. The third kappa shape index (κ3) is 2.15. The van der Waals surface area contributed by atoms with Crippen molar-refractivity contribution in [2.45, 2.75) is 26.2 Å². The molecule has 0 amide bonds. The van der Waals surface area contributed by atoms with Gasteiger partial charge in [0.1, 0.15) is 0 Å². The van der Waals surface area contributed by atoms with Gasteiger partial charge in [-0.25, -0.2) is 0 Å². The quantitative estimate of drug-likeness (QED) is 0.764. The molecule has 0 aromatic heterocycles. The Labute approximate surface area is 119 Å². The van der Waals surface area contributed by atoms with E-state index in [9.17, 15) is 9.59 Å². The smallest absolute Gasteiger partial charge is 0.178 e. The molecule has 0 N–H and O–H groups in total. The fourth-order valence-electron chi connectivity index (χ4n) is 3.44. The molecule has 0 saturated heterocycles. The van der Waals surface area contributed by atoms with Crippen LogP contribution < -0.4 is 0 Å². The van der Waals surface area contributed by atoms with Gasteiger partial charge >= 0.3 is 0 Å². The molecule has 1 aromatic rings. The van der Waals surface area contributed by atoms with Gasteiger partial charge in [0.15, 0.2) is 11.6 Å².